The molecule has 0 radical (unpaired) electrons. The van der Waals surface area contributed by atoms with Gasteiger partial charge in [0, 0.05) is 22.8 Å². The van der Waals surface area contributed by atoms with E-state index in [0.29, 0.717) is 28.6 Å². The number of aromatic nitrogens is 4. The summed E-state index contributed by atoms with van der Waals surface area (Å²) in [5, 5.41) is 7.49. The molecule has 0 amide bonds. The van der Waals surface area contributed by atoms with E-state index in [1.165, 1.54) is 25.0 Å². The second kappa shape index (κ2) is 9.85. The molecule has 178 valence electrons. The molecule has 34 heavy (non-hydrogen) atoms. The van der Waals surface area contributed by atoms with E-state index in [2.05, 4.69) is 35.8 Å². The Balaban J connectivity index is 1.77. The first kappa shape index (κ1) is 23.8. The molecule has 1 aromatic carbocycles. The van der Waals surface area contributed by atoms with Gasteiger partial charge in [-0.3, -0.25) is 14.3 Å². The van der Waals surface area contributed by atoms with E-state index in [9.17, 15) is 8.42 Å². The van der Waals surface area contributed by atoms with Crippen LogP contribution in [0.25, 0.3) is 17.3 Å². The molecule has 0 fully saturated rings. The molecule has 0 saturated heterocycles. The van der Waals surface area contributed by atoms with Gasteiger partial charge in [0.25, 0.3) is 0 Å². The summed E-state index contributed by atoms with van der Waals surface area (Å²) in [5.74, 6) is 1.48. The van der Waals surface area contributed by atoms with E-state index in [-0.39, 0.29) is 18.2 Å². The van der Waals surface area contributed by atoms with Gasteiger partial charge in [-0.15, -0.1) is 10.2 Å². The van der Waals surface area contributed by atoms with Gasteiger partial charge in [-0.2, -0.15) is 0 Å². The van der Waals surface area contributed by atoms with Crippen LogP contribution in [0.1, 0.15) is 12.6 Å². The number of hydrogen-bond acceptors (Lipinski definition) is 8. The maximum atomic E-state index is 13.2. The van der Waals surface area contributed by atoms with Gasteiger partial charge in [-0.1, -0.05) is 6.07 Å². The molecule has 0 saturated carbocycles. The van der Waals surface area contributed by atoms with Crippen LogP contribution in [0.3, 0.4) is 0 Å². The normalized spacial score (nSPS) is 12.4. The van der Waals surface area contributed by atoms with Crippen molar-refractivity contribution in [1.29, 1.82) is 0 Å². The summed E-state index contributed by atoms with van der Waals surface area (Å²) >= 11 is 3.33. The lowest BCUT2D eigenvalue weighted by Gasteiger charge is -2.18. The van der Waals surface area contributed by atoms with Gasteiger partial charge in [0.2, 0.25) is 21.8 Å². The van der Waals surface area contributed by atoms with Gasteiger partial charge in [0.05, 0.1) is 25.7 Å². The summed E-state index contributed by atoms with van der Waals surface area (Å²) in [7, 11) is -0.872. The zero-order chi connectivity index (χ0) is 24.3. The van der Waals surface area contributed by atoms with E-state index in [1.54, 1.807) is 49.5 Å². The molecule has 3 heterocycles. The number of rotatable bonds is 9. The summed E-state index contributed by atoms with van der Waals surface area (Å²) in [4.78, 5) is 4.27. The standard InChI is InChI=1S/C22H22BrN5O5S/c1-14(12-16-10-9-15(23)13-24-16)34(29,30)27-22-26-25-21(19-8-5-11-33-19)28(22)20-17(31-2)6-4-7-18(20)32-3/h4-11,13-14H,12H2,1-3H3,(H,26,27). The zero-order valence-corrected chi connectivity index (χ0v) is 21.0. The van der Waals surface area contributed by atoms with E-state index >= 15 is 0 Å². The molecule has 4 rings (SSSR count). The van der Waals surface area contributed by atoms with E-state index in [1.807, 2.05) is 6.07 Å². The lowest BCUT2D eigenvalue weighted by Crippen LogP contribution is -2.28. The predicted octanol–water partition coefficient (Wildman–Crippen LogP) is 4.07. The molecular weight excluding hydrogens is 526 g/mol. The molecule has 0 aliphatic rings. The monoisotopic (exact) mass is 547 g/mol. The van der Waals surface area contributed by atoms with Crippen molar-refractivity contribution in [3.05, 3.63) is 65.1 Å². The highest BCUT2D eigenvalue weighted by Crippen LogP contribution is 2.37. The predicted molar refractivity (Wildman–Crippen MR) is 130 cm³/mol. The number of hydrogen-bond donors (Lipinski definition) is 1. The number of anilines is 1. The minimum Gasteiger partial charge on any atom is -0.494 e. The van der Waals surface area contributed by atoms with Crippen LogP contribution in [0.5, 0.6) is 11.5 Å². The Kier molecular flexibility index (Phi) is 6.89. The number of nitrogens with one attached hydrogen (secondary N) is 1. The van der Waals surface area contributed by atoms with Gasteiger partial charge >= 0.3 is 0 Å². The number of para-hydroxylation sites is 1. The molecular formula is C22H22BrN5O5S. The van der Waals surface area contributed by atoms with E-state index in [0.717, 1.165) is 4.47 Å². The Bertz CT molecular complexity index is 1350. The van der Waals surface area contributed by atoms with Crippen LogP contribution in [-0.4, -0.2) is 47.6 Å². The number of furan rings is 1. The fourth-order valence-corrected chi connectivity index (χ4v) is 4.55. The van der Waals surface area contributed by atoms with E-state index in [4.69, 9.17) is 13.9 Å². The lowest BCUT2D eigenvalue weighted by atomic mass is 10.2. The lowest BCUT2D eigenvalue weighted by molar-refractivity contribution is 0.391. The zero-order valence-electron chi connectivity index (χ0n) is 18.6. The van der Waals surface area contributed by atoms with Crippen LogP contribution in [0.2, 0.25) is 0 Å². The fourth-order valence-electron chi connectivity index (χ4n) is 3.34. The molecule has 1 unspecified atom stereocenters. The minimum absolute atomic E-state index is 0.0372. The number of benzene rings is 1. The summed E-state index contributed by atoms with van der Waals surface area (Å²) in [5.41, 5.74) is 1.06. The van der Waals surface area contributed by atoms with Crippen molar-refractivity contribution in [1.82, 2.24) is 19.7 Å². The third-order valence-electron chi connectivity index (χ3n) is 5.08. The van der Waals surface area contributed by atoms with Crippen molar-refractivity contribution in [3.63, 3.8) is 0 Å². The van der Waals surface area contributed by atoms with Gasteiger partial charge < -0.3 is 13.9 Å². The molecule has 3 aromatic heterocycles. The molecule has 0 aliphatic carbocycles. The average molecular weight is 548 g/mol. The van der Waals surface area contributed by atoms with Crippen molar-refractivity contribution in [2.75, 3.05) is 18.9 Å². The van der Waals surface area contributed by atoms with Crippen LogP contribution >= 0.6 is 15.9 Å². The second-order valence-electron chi connectivity index (χ2n) is 7.30. The molecule has 10 nitrogen and oxygen atoms in total. The van der Waals surface area contributed by atoms with Gasteiger partial charge in [-0.05, 0) is 59.3 Å². The Morgan fingerprint density at radius 2 is 1.82 bits per heavy atom. The summed E-state index contributed by atoms with van der Waals surface area (Å²) in [6.07, 6.45) is 3.33. The molecule has 0 bridgehead atoms. The van der Waals surface area contributed by atoms with Gasteiger partial charge in [-0.25, -0.2) is 8.42 Å². The van der Waals surface area contributed by atoms with Crippen molar-refractivity contribution in [2.45, 2.75) is 18.6 Å². The number of halogens is 1. The smallest absolute Gasteiger partial charge is 0.243 e. The minimum atomic E-state index is -3.88. The molecule has 0 spiro atoms. The third kappa shape index (κ3) is 4.77. The van der Waals surface area contributed by atoms with Crippen LogP contribution in [0.15, 0.2) is 63.8 Å². The van der Waals surface area contributed by atoms with Crippen LogP contribution < -0.4 is 14.2 Å². The Morgan fingerprint density at radius 1 is 1.09 bits per heavy atom. The number of nitrogens with zero attached hydrogens (tertiary/aromatic N) is 4. The summed E-state index contributed by atoms with van der Waals surface area (Å²) < 4.78 is 47.9. The SMILES string of the molecule is COc1cccc(OC)c1-n1c(NS(=O)(=O)C(C)Cc2ccc(Br)cn2)nnc1-c1ccco1. The van der Waals surface area contributed by atoms with Gasteiger partial charge in [0.1, 0.15) is 17.2 Å². The second-order valence-corrected chi connectivity index (χ2v) is 10.3. The van der Waals surface area contributed by atoms with Crippen molar-refractivity contribution < 1.29 is 22.3 Å². The Morgan fingerprint density at radius 3 is 2.41 bits per heavy atom. The maximum absolute atomic E-state index is 13.2. The quantitative estimate of drug-likeness (QED) is 0.332. The van der Waals surface area contributed by atoms with Crippen molar-refractivity contribution >= 4 is 31.9 Å². The third-order valence-corrected chi connectivity index (χ3v) is 7.24. The highest BCUT2D eigenvalue weighted by atomic mass is 79.9. The number of sulfonamides is 1. The number of ether oxygens (including phenoxy) is 2. The first-order chi connectivity index (χ1) is 16.3. The van der Waals surface area contributed by atoms with Crippen LogP contribution in [0, 0.1) is 0 Å². The fraction of sp³-hybridized carbons (Fsp3) is 0.227. The molecule has 12 heteroatoms. The topological polar surface area (TPSA) is 121 Å². The molecule has 1 atom stereocenters. The van der Waals surface area contributed by atoms with Crippen LogP contribution in [-0.2, 0) is 16.4 Å². The highest BCUT2D eigenvalue weighted by Gasteiger charge is 2.28. The maximum Gasteiger partial charge on any atom is 0.243 e. The average Bonchev–Trinajstić information content (AvgIpc) is 3.49. The number of pyridine rings is 1. The molecule has 1 N–H and O–H groups in total. The molecule has 0 aliphatic heterocycles. The van der Waals surface area contributed by atoms with Crippen LogP contribution in [0.4, 0.5) is 5.95 Å². The van der Waals surface area contributed by atoms with Gasteiger partial charge in [0.15, 0.2) is 5.76 Å². The largest absolute Gasteiger partial charge is 0.494 e. The first-order valence-corrected chi connectivity index (χ1v) is 12.5. The molecule has 4 aromatic rings. The first-order valence-electron chi connectivity index (χ1n) is 10.2. The Labute approximate surface area is 205 Å². The number of methoxy groups -OCH3 is 2. The summed E-state index contributed by atoms with van der Waals surface area (Å²) in [6, 6.07) is 12.2. The Hall–Kier alpha value is -3.38. The van der Waals surface area contributed by atoms with E-state index < -0.39 is 15.3 Å². The van der Waals surface area contributed by atoms with Crippen molar-refractivity contribution in [2.24, 2.45) is 0 Å². The summed E-state index contributed by atoms with van der Waals surface area (Å²) in [6.45, 7) is 1.60. The van der Waals surface area contributed by atoms with Crippen molar-refractivity contribution in [3.8, 4) is 28.8 Å². The highest BCUT2D eigenvalue weighted by molar-refractivity contribution is 9.10.